The lowest BCUT2D eigenvalue weighted by molar-refractivity contribution is 0.0950. The fraction of sp³-hybridized carbons (Fsp3) is 0.562. The second kappa shape index (κ2) is 7.24. The van der Waals surface area contributed by atoms with E-state index in [1.165, 1.54) is 10.5 Å². The average molecular weight is 413 g/mol. The van der Waals surface area contributed by atoms with E-state index in [0.29, 0.717) is 34.8 Å². The third-order valence-corrected chi connectivity index (χ3v) is 6.30. The third kappa shape index (κ3) is 3.73. The van der Waals surface area contributed by atoms with Crippen molar-refractivity contribution in [2.75, 3.05) is 24.7 Å². The summed E-state index contributed by atoms with van der Waals surface area (Å²) in [5, 5.41) is 27.5. The van der Waals surface area contributed by atoms with Crippen molar-refractivity contribution in [2.24, 2.45) is 0 Å². The van der Waals surface area contributed by atoms with Crippen LogP contribution in [-0.4, -0.2) is 63.9 Å². The van der Waals surface area contributed by atoms with E-state index in [1.54, 1.807) is 4.52 Å². The van der Waals surface area contributed by atoms with Crippen molar-refractivity contribution in [3.05, 3.63) is 22.5 Å². The molecule has 0 aliphatic carbocycles. The van der Waals surface area contributed by atoms with Crippen molar-refractivity contribution < 1.29 is 13.5 Å². The zero-order chi connectivity index (χ0) is 19.9. The number of nitrogens with one attached hydrogen (secondary N) is 1. The van der Waals surface area contributed by atoms with Crippen LogP contribution >= 0.6 is 11.6 Å². The van der Waals surface area contributed by atoms with Crippen molar-refractivity contribution in [2.45, 2.75) is 38.3 Å². The molecular weight excluding hydrogens is 392 g/mol. The minimum Gasteiger partial charge on any atom is -0.390 e. The molecule has 1 fully saturated rings. The second-order valence-electron chi connectivity index (χ2n) is 6.95. The third-order valence-electron chi connectivity index (χ3n) is 4.65. The molecule has 146 valence electrons. The van der Waals surface area contributed by atoms with Gasteiger partial charge in [-0.15, -0.1) is 5.10 Å². The molecule has 0 amide bonds. The highest BCUT2D eigenvalue weighted by atomic mass is 35.5. The first-order chi connectivity index (χ1) is 12.6. The van der Waals surface area contributed by atoms with Gasteiger partial charge < -0.3 is 10.4 Å². The van der Waals surface area contributed by atoms with Crippen LogP contribution in [0.1, 0.15) is 37.4 Å². The second-order valence-corrected chi connectivity index (χ2v) is 9.31. The normalized spacial score (nSPS) is 21.5. The van der Waals surface area contributed by atoms with Gasteiger partial charge in [-0.1, -0.05) is 25.4 Å². The van der Waals surface area contributed by atoms with E-state index < -0.39 is 16.1 Å². The summed E-state index contributed by atoms with van der Waals surface area (Å²) in [6.45, 7) is 4.21. The quantitative estimate of drug-likeness (QED) is 0.772. The van der Waals surface area contributed by atoms with E-state index in [0.717, 1.165) is 6.26 Å². The predicted octanol–water partition coefficient (Wildman–Crippen LogP) is 1.18. The molecule has 2 aromatic rings. The summed E-state index contributed by atoms with van der Waals surface area (Å²) < 4.78 is 26.1. The largest absolute Gasteiger partial charge is 0.390 e. The van der Waals surface area contributed by atoms with Crippen LogP contribution in [0.25, 0.3) is 5.52 Å². The number of hydrogen-bond acceptors (Lipinski definition) is 7. The number of aliphatic hydroxyl groups is 1. The maximum atomic E-state index is 11.6. The number of hydrogen-bond donors (Lipinski definition) is 2. The summed E-state index contributed by atoms with van der Waals surface area (Å²) in [6.07, 6.45) is 2.19. The molecule has 9 nitrogen and oxygen atoms in total. The Morgan fingerprint density at radius 3 is 2.74 bits per heavy atom. The standard InChI is InChI=1S/C16H21ClN6O3S/c1-9(2)15-10(6-18)14(17)12-7-19-16(21-23(12)15)20-11-4-5-22(8-13(11)24)27(3,25)26/h7,9,11,13,24H,4-5,8H2,1-3H3,(H,20,21)/t11-,13+/m1/s1. The molecule has 1 aliphatic rings. The Hall–Kier alpha value is -1.93. The Balaban J connectivity index is 1.89. The van der Waals surface area contributed by atoms with Gasteiger partial charge in [0, 0.05) is 13.1 Å². The Kier molecular flexibility index (Phi) is 5.31. The van der Waals surface area contributed by atoms with Gasteiger partial charge in [-0.25, -0.2) is 17.9 Å². The van der Waals surface area contributed by atoms with Gasteiger partial charge in [0.05, 0.1) is 40.9 Å². The van der Waals surface area contributed by atoms with E-state index in [1.807, 2.05) is 13.8 Å². The van der Waals surface area contributed by atoms with Gasteiger partial charge in [0.15, 0.2) is 0 Å². The molecule has 0 spiro atoms. The van der Waals surface area contributed by atoms with Crippen LogP contribution in [0.2, 0.25) is 5.02 Å². The van der Waals surface area contributed by atoms with Crippen LogP contribution in [0.3, 0.4) is 0 Å². The highest BCUT2D eigenvalue weighted by Gasteiger charge is 2.32. The maximum Gasteiger partial charge on any atom is 0.241 e. The average Bonchev–Trinajstić information content (AvgIpc) is 2.87. The first kappa shape index (κ1) is 19.8. The molecule has 27 heavy (non-hydrogen) atoms. The highest BCUT2D eigenvalue weighted by molar-refractivity contribution is 7.88. The van der Waals surface area contributed by atoms with Crippen molar-refractivity contribution in [1.82, 2.24) is 18.9 Å². The van der Waals surface area contributed by atoms with Gasteiger partial charge in [-0.3, -0.25) is 0 Å². The molecule has 1 saturated heterocycles. The molecule has 2 atom stereocenters. The molecule has 0 aromatic carbocycles. The topological polar surface area (TPSA) is 124 Å². The fourth-order valence-electron chi connectivity index (χ4n) is 3.27. The van der Waals surface area contributed by atoms with Crippen molar-refractivity contribution in [3.63, 3.8) is 0 Å². The summed E-state index contributed by atoms with van der Waals surface area (Å²) in [4.78, 5) is 4.23. The Morgan fingerprint density at radius 1 is 1.48 bits per heavy atom. The molecule has 3 heterocycles. The predicted molar refractivity (Wildman–Crippen MR) is 101 cm³/mol. The van der Waals surface area contributed by atoms with Gasteiger partial charge in [0.2, 0.25) is 16.0 Å². The van der Waals surface area contributed by atoms with Gasteiger partial charge in [0.25, 0.3) is 0 Å². The van der Waals surface area contributed by atoms with Gasteiger partial charge in [0.1, 0.15) is 11.6 Å². The van der Waals surface area contributed by atoms with Crippen molar-refractivity contribution in [3.8, 4) is 6.07 Å². The minimum atomic E-state index is -3.34. The van der Waals surface area contributed by atoms with Crippen LogP contribution < -0.4 is 5.32 Å². The number of nitrogens with zero attached hydrogens (tertiary/aromatic N) is 5. The monoisotopic (exact) mass is 412 g/mol. The van der Waals surface area contributed by atoms with E-state index in [2.05, 4.69) is 21.5 Å². The first-order valence-electron chi connectivity index (χ1n) is 8.50. The number of aliphatic hydroxyl groups excluding tert-OH is 1. The molecule has 1 aliphatic heterocycles. The minimum absolute atomic E-state index is 0.0178. The Labute approximate surface area is 162 Å². The fourth-order valence-corrected chi connectivity index (χ4v) is 4.40. The van der Waals surface area contributed by atoms with Crippen molar-refractivity contribution >= 4 is 33.1 Å². The zero-order valence-electron chi connectivity index (χ0n) is 15.2. The number of β-amino-alcohol motifs (C(OH)–C–C–N with tert-alkyl or cyclic N) is 1. The van der Waals surface area contributed by atoms with Gasteiger partial charge in [-0.2, -0.15) is 9.57 Å². The number of anilines is 1. The first-order valence-corrected chi connectivity index (χ1v) is 10.7. The number of aromatic nitrogens is 3. The summed E-state index contributed by atoms with van der Waals surface area (Å²) in [5.41, 5.74) is 1.60. The maximum absolute atomic E-state index is 11.6. The lowest BCUT2D eigenvalue weighted by Gasteiger charge is -2.34. The molecule has 2 aromatic heterocycles. The number of piperidine rings is 1. The van der Waals surface area contributed by atoms with Gasteiger partial charge in [-0.05, 0) is 12.3 Å². The smallest absolute Gasteiger partial charge is 0.241 e. The van der Waals surface area contributed by atoms with Crippen LogP contribution in [0, 0.1) is 11.3 Å². The van der Waals surface area contributed by atoms with Crippen LogP contribution in [-0.2, 0) is 10.0 Å². The zero-order valence-corrected chi connectivity index (χ0v) is 16.8. The lowest BCUT2D eigenvalue weighted by Crippen LogP contribution is -2.51. The molecule has 0 radical (unpaired) electrons. The van der Waals surface area contributed by atoms with E-state index in [9.17, 15) is 18.8 Å². The highest BCUT2D eigenvalue weighted by Crippen LogP contribution is 2.31. The number of fused-ring (bicyclic) bond motifs is 1. The van der Waals surface area contributed by atoms with Gasteiger partial charge >= 0.3 is 0 Å². The molecular formula is C16H21ClN6O3S. The number of sulfonamides is 1. The molecule has 2 N–H and O–H groups in total. The van der Waals surface area contributed by atoms with Crippen LogP contribution in [0.15, 0.2) is 6.20 Å². The summed E-state index contributed by atoms with van der Waals surface area (Å²) in [5.74, 6) is 0.295. The van der Waals surface area contributed by atoms with Crippen LogP contribution in [0.5, 0.6) is 0 Å². The molecule has 0 unspecified atom stereocenters. The van der Waals surface area contributed by atoms with E-state index >= 15 is 0 Å². The van der Waals surface area contributed by atoms with Crippen LogP contribution in [0.4, 0.5) is 5.95 Å². The van der Waals surface area contributed by atoms with Crippen molar-refractivity contribution in [1.29, 1.82) is 5.26 Å². The Morgan fingerprint density at radius 2 is 2.19 bits per heavy atom. The lowest BCUT2D eigenvalue weighted by atomic mass is 10.0. The molecule has 11 heteroatoms. The SMILES string of the molecule is CC(C)c1c(C#N)c(Cl)c2cnc(N[C@@H]3CCN(S(C)(=O)=O)C[C@@H]3O)nn12. The number of halogens is 1. The molecule has 0 saturated carbocycles. The molecule has 0 bridgehead atoms. The number of rotatable bonds is 4. The van der Waals surface area contributed by atoms with E-state index in [-0.39, 0.29) is 24.5 Å². The Bertz CT molecular complexity index is 1010. The molecule has 3 rings (SSSR count). The van der Waals surface area contributed by atoms with E-state index in [4.69, 9.17) is 11.6 Å². The summed E-state index contributed by atoms with van der Waals surface area (Å²) in [7, 11) is -3.34. The number of nitriles is 1. The summed E-state index contributed by atoms with van der Waals surface area (Å²) >= 11 is 6.29. The summed E-state index contributed by atoms with van der Waals surface area (Å²) in [6, 6.07) is 1.73.